The fourth-order valence-electron chi connectivity index (χ4n) is 4.30. The zero-order valence-corrected chi connectivity index (χ0v) is 20.7. The molecule has 1 radical (unpaired) electrons. The predicted octanol–water partition coefficient (Wildman–Crippen LogP) is 8.10. The van der Waals surface area contributed by atoms with Gasteiger partial charge in [0.05, 0.1) is 16.9 Å². The van der Waals surface area contributed by atoms with E-state index in [1.54, 1.807) is 11.8 Å². The summed E-state index contributed by atoms with van der Waals surface area (Å²) in [6.45, 7) is 0. The van der Waals surface area contributed by atoms with Gasteiger partial charge in [0.1, 0.15) is 0 Å². The smallest absolute Gasteiger partial charge is 0.0595 e. The van der Waals surface area contributed by atoms with Gasteiger partial charge in [0, 0.05) is 29.9 Å². The SMILES string of the molecule is [Ir].[c-]1c(-c2ccc3ccccc3n2)cc2c3c1Sc1ccccc1N3c1ccccc1S2. The number of rotatable bonds is 1. The van der Waals surface area contributed by atoms with Crippen molar-refractivity contribution in [1.82, 2.24) is 4.98 Å². The van der Waals surface area contributed by atoms with Gasteiger partial charge in [-0.2, -0.15) is 0 Å². The number of fused-ring (bicyclic) bond motifs is 5. The quantitative estimate of drug-likeness (QED) is 0.172. The van der Waals surface area contributed by atoms with Crippen LogP contribution in [0.15, 0.2) is 111 Å². The Hall–Kier alpha value is -2.56. The largest absolute Gasteiger partial charge is 0.348 e. The molecule has 4 aromatic carbocycles. The molecule has 32 heavy (non-hydrogen) atoms. The van der Waals surface area contributed by atoms with Gasteiger partial charge < -0.3 is 4.90 Å². The molecule has 2 aliphatic rings. The van der Waals surface area contributed by atoms with Gasteiger partial charge in [0.15, 0.2) is 0 Å². The minimum atomic E-state index is 0. The molecule has 0 unspecified atom stereocenters. The third-order valence-electron chi connectivity index (χ3n) is 5.71. The molecule has 7 rings (SSSR count). The molecule has 155 valence electrons. The van der Waals surface area contributed by atoms with Gasteiger partial charge in [-0.3, -0.25) is 4.98 Å². The normalized spacial score (nSPS) is 13.1. The van der Waals surface area contributed by atoms with Crippen LogP contribution in [0.1, 0.15) is 0 Å². The number of hydrogen-bond donors (Lipinski definition) is 0. The first-order chi connectivity index (χ1) is 15.3. The second kappa shape index (κ2) is 7.79. The molecule has 0 atom stereocenters. The van der Waals surface area contributed by atoms with Crippen molar-refractivity contribution in [2.75, 3.05) is 4.90 Å². The number of nitrogens with zero attached hydrogens (tertiary/aromatic N) is 2. The minimum Gasteiger partial charge on any atom is -0.348 e. The monoisotopic (exact) mass is 624 g/mol. The molecule has 0 fully saturated rings. The summed E-state index contributed by atoms with van der Waals surface area (Å²) >= 11 is 3.63. The molecule has 0 aliphatic carbocycles. The van der Waals surface area contributed by atoms with Crippen LogP contribution >= 0.6 is 23.5 Å². The second-order valence-electron chi connectivity index (χ2n) is 7.59. The first kappa shape index (κ1) is 20.1. The molecule has 0 saturated heterocycles. The standard InChI is InChI=1S/C27H15N2S2.Ir/c1-2-8-19-17(7-1)13-14-20(28-19)18-15-25-27-26(16-18)31-24-12-6-4-10-22(24)29(27)21-9-3-5-11-23(21)30-25;/h1-15H;/q-1;. The van der Waals surface area contributed by atoms with Crippen LogP contribution in [0, 0.1) is 6.07 Å². The van der Waals surface area contributed by atoms with Crippen LogP contribution in [0.3, 0.4) is 0 Å². The maximum atomic E-state index is 4.93. The van der Waals surface area contributed by atoms with E-state index in [9.17, 15) is 0 Å². The van der Waals surface area contributed by atoms with Crippen molar-refractivity contribution < 1.29 is 20.1 Å². The number of hydrogen-bond acceptors (Lipinski definition) is 4. The average Bonchev–Trinajstić information content (AvgIpc) is 2.83. The Morgan fingerprint density at radius 2 is 1.38 bits per heavy atom. The molecule has 1 aromatic heterocycles. The van der Waals surface area contributed by atoms with Gasteiger partial charge in [-0.25, -0.2) is 0 Å². The molecule has 0 saturated carbocycles. The second-order valence-corrected chi connectivity index (χ2v) is 9.73. The summed E-state index contributed by atoms with van der Waals surface area (Å²) < 4.78 is 0. The van der Waals surface area contributed by atoms with E-state index < -0.39 is 0 Å². The van der Waals surface area contributed by atoms with Crippen molar-refractivity contribution in [3.63, 3.8) is 0 Å². The predicted molar refractivity (Wildman–Crippen MR) is 129 cm³/mol. The number of anilines is 3. The van der Waals surface area contributed by atoms with E-state index in [0.29, 0.717) is 0 Å². The van der Waals surface area contributed by atoms with Crippen LogP contribution in [0.5, 0.6) is 0 Å². The summed E-state index contributed by atoms with van der Waals surface area (Å²) in [7, 11) is 0. The molecular weight excluding hydrogens is 609 g/mol. The van der Waals surface area contributed by atoms with E-state index in [0.717, 1.165) is 27.1 Å². The maximum absolute atomic E-state index is 4.93. The average molecular weight is 624 g/mol. The Balaban J connectivity index is 0.00000196. The molecular formula is C27H15IrN2S2-. The number of aromatic nitrogens is 1. The van der Waals surface area contributed by atoms with Crippen molar-refractivity contribution in [1.29, 1.82) is 0 Å². The van der Waals surface area contributed by atoms with Gasteiger partial charge >= 0.3 is 0 Å². The van der Waals surface area contributed by atoms with E-state index in [4.69, 9.17) is 4.98 Å². The number of para-hydroxylation sites is 3. The van der Waals surface area contributed by atoms with Crippen LogP contribution in [0.2, 0.25) is 0 Å². The molecule has 2 nitrogen and oxygen atoms in total. The van der Waals surface area contributed by atoms with E-state index in [1.807, 2.05) is 17.8 Å². The van der Waals surface area contributed by atoms with Gasteiger partial charge in [0.25, 0.3) is 0 Å². The van der Waals surface area contributed by atoms with Crippen LogP contribution in [0.4, 0.5) is 17.1 Å². The van der Waals surface area contributed by atoms with E-state index in [-0.39, 0.29) is 20.1 Å². The molecule has 5 heteroatoms. The summed E-state index contributed by atoms with van der Waals surface area (Å²) in [5.41, 5.74) is 6.72. The first-order valence-electron chi connectivity index (χ1n) is 10.2. The molecule has 0 amide bonds. The zero-order valence-electron chi connectivity index (χ0n) is 16.7. The van der Waals surface area contributed by atoms with E-state index in [1.165, 1.54) is 31.7 Å². The van der Waals surface area contributed by atoms with Crippen molar-refractivity contribution in [2.24, 2.45) is 0 Å². The summed E-state index contributed by atoms with van der Waals surface area (Å²) in [5.74, 6) is 0. The van der Waals surface area contributed by atoms with Gasteiger partial charge in [0.2, 0.25) is 0 Å². The van der Waals surface area contributed by atoms with Crippen LogP contribution in [-0.2, 0) is 20.1 Å². The van der Waals surface area contributed by atoms with Crippen LogP contribution < -0.4 is 4.90 Å². The maximum Gasteiger partial charge on any atom is 0.0595 e. The molecule has 0 bridgehead atoms. The van der Waals surface area contributed by atoms with E-state index >= 15 is 0 Å². The third kappa shape index (κ3) is 3.04. The fraction of sp³-hybridized carbons (Fsp3) is 0. The van der Waals surface area contributed by atoms with Crippen LogP contribution in [-0.4, -0.2) is 4.98 Å². The Morgan fingerprint density at radius 3 is 2.19 bits per heavy atom. The Labute approximate surface area is 208 Å². The third-order valence-corrected chi connectivity index (χ3v) is 7.88. The van der Waals surface area contributed by atoms with Gasteiger partial charge in [-0.05, 0) is 56.9 Å². The summed E-state index contributed by atoms with van der Waals surface area (Å²) in [4.78, 5) is 12.3. The Morgan fingerprint density at radius 1 is 0.688 bits per heavy atom. The van der Waals surface area contributed by atoms with Crippen molar-refractivity contribution in [2.45, 2.75) is 19.6 Å². The van der Waals surface area contributed by atoms with Crippen molar-refractivity contribution in [3.05, 3.63) is 97.1 Å². The van der Waals surface area contributed by atoms with Crippen LogP contribution in [0.25, 0.3) is 22.2 Å². The fourth-order valence-corrected chi connectivity index (χ4v) is 6.57. The first-order valence-corrected chi connectivity index (χ1v) is 11.8. The molecule has 2 aliphatic heterocycles. The van der Waals surface area contributed by atoms with E-state index in [2.05, 4.69) is 95.9 Å². The van der Waals surface area contributed by atoms with Gasteiger partial charge in [-0.15, -0.1) is 41.2 Å². The Bertz CT molecular complexity index is 1440. The number of pyridine rings is 1. The van der Waals surface area contributed by atoms with Crippen molar-refractivity contribution >= 4 is 51.5 Å². The summed E-state index contributed by atoms with van der Waals surface area (Å²) in [6, 6.07) is 35.7. The van der Waals surface area contributed by atoms with Gasteiger partial charge in [-0.1, -0.05) is 54.6 Å². The number of benzene rings is 4. The minimum absolute atomic E-state index is 0. The molecule has 3 heterocycles. The molecule has 5 aromatic rings. The van der Waals surface area contributed by atoms with Crippen molar-refractivity contribution in [3.8, 4) is 11.3 Å². The Kier molecular flexibility index (Phi) is 4.88. The summed E-state index contributed by atoms with van der Waals surface area (Å²) in [6.07, 6.45) is 0. The summed E-state index contributed by atoms with van der Waals surface area (Å²) in [5, 5.41) is 1.16. The topological polar surface area (TPSA) is 16.1 Å². The molecule has 0 N–H and O–H groups in total. The molecule has 0 spiro atoms. The zero-order chi connectivity index (χ0) is 20.4.